The van der Waals surface area contributed by atoms with E-state index in [1.165, 1.54) is 28.8 Å². The number of carbonyl (C=O) groups excluding carboxylic acids is 1. The lowest BCUT2D eigenvalue weighted by Gasteiger charge is -2.29. The number of unbranched alkanes of at least 4 members (excludes halogenated alkanes) is 1. The zero-order chi connectivity index (χ0) is 20.8. The number of rotatable bonds is 8. The lowest BCUT2D eigenvalue weighted by Crippen LogP contribution is -2.40. The molecule has 0 spiro atoms. The average molecular weight is 415 g/mol. The first-order valence-electron chi connectivity index (χ1n) is 10.4. The number of carbonyl (C=O) groups is 1. The van der Waals surface area contributed by atoms with Crippen molar-refractivity contribution in [3.63, 3.8) is 0 Å². The highest BCUT2D eigenvalue weighted by Crippen LogP contribution is 2.38. The molecule has 0 radical (unpaired) electrons. The molecule has 1 saturated heterocycles. The van der Waals surface area contributed by atoms with Crippen LogP contribution >= 0.6 is 11.8 Å². The van der Waals surface area contributed by atoms with Gasteiger partial charge in [-0.3, -0.25) is 9.69 Å². The number of hydrogen-bond donors (Lipinski definition) is 0. The van der Waals surface area contributed by atoms with Crippen molar-refractivity contribution in [2.75, 3.05) is 25.4 Å². The minimum Gasteiger partial charge on any atom is -0.325 e. The normalized spacial score (nSPS) is 16.6. The van der Waals surface area contributed by atoms with E-state index >= 15 is 0 Å². The Kier molecular flexibility index (Phi) is 7.73. The van der Waals surface area contributed by atoms with Gasteiger partial charge < -0.3 is 4.90 Å². The lowest BCUT2D eigenvalue weighted by atomic mass is 10.0. The Hall–Kier alpha value is -1.85. The van der Waals surface area contributed by atoms with Crippen molar-refractivity contribution in [1.82, 2.24) is 9.80 Å². The summed E-state index contributed by atoms with van der Waals surface area (Å²) >= 11 is 1.76. The van der Waals surface area contributed by atoms with Gasteiger partial charge in [0.05, 0.1) is 6.54 Å². The van der Waals surface area contributed by atoms with Crippen LogP contribution in [0.1, 0.15) is 47.4 Å². The van der Waals surface area contributed by atoms with Crippen molar-refractivity contribution < 1.29 is 9.18 Å². The van der Waals surface area contributed by atoms with E-state index in [0.29, 0.717) is 6.54 Å². The Morgan fingerprint density at radius 3 is 2.69 bits per heavy atom. The fourth-order valence-electron chi connectivity index (χ4n) is 3.72. The molecular weight excluding hydrogens is 383 g/mol. The number of benzene rings is 2. The number of aryl methyl sites for hydroxylation is 2. The van der Waals surface area contributed by atoms with Crippen LogP contribution in [0, 0.1) is 19.7 Å². The Morgan fingerprint density at radius 1 is 1.21 bits per heavy atom. The molecule has 0 aliphatic carbocycles. The first-order valence-corrected chi connectivity index (χ1v) is 11.5. The molecular formula is C24H31FN2OS. The number of thioether (sulfide) groups is 1. The summed E-state index contributed by atoms with van der Waals surface area (Å²) in [7, 11) is 0. The predicted molar refractivity (Wildman–Crippen MR) is 119 cm³/mol. The molecule has 0 aromatic heterocycles. The largest absolute Gasteiger partial charge is 0.325 e. The first kappa shape index (κ1) is 21.8. The SMILES string of the molecule is CCCCN(CC(=O)N1CCS[C@@H]1c1ccc(F)cc1)Cc1cc(C)ccc1C. The molecule has 156 valence electrons. The number of hydrogen-bond acceptors (Lipinski definition) is 3. The van der Waals surface area contributed by atoms with Crippen LogP contribution in [0.25, 0.3) is 0 Å². The third kappa shape index (κ3) is 5.83. The van der Waals surface area contributed by atoms with Crippen LogP contribution in [0.2, 0.25) is 0 Å². The summed E-state index contributed by atoms with van der Waals surface area (Å²) in [4.78, 5) is 17.4. The summed E-state index contributed by atoms with van der Waals surface area (Å²) in [6.07, 6.45) is 2.18. The van der Waals surface area contributed by atoms with Gasteiger partial charge in [0.1, 0.15) is 11.2 Å². The fourth-order valence-corrected chi connectivity index (χ4v) is 5.00. The molecule has 1 amide bonds. The summed E-state index contributed by atoms with van der Waals surface area (Å²) in [5, 5.41) is -0.0168. The quantitative estimate of drug-likeness (QED) is 0.584. The average Bonchev–Trinajstić information content (AvgIpc) is 3.19. The molecule has 1 fully saturated rings. The number of nitrogens with zero attached hydrogens (tertiary/aromatic N) is 2. The van der Waals surface area contributed by atoms with Crippen LogP contribution in [0.15, 0.2) is 42.5 Å². The molecule has 1 aliphatic rings. The highest BCUT2D eigenvalue weighted by molar-refractivity contribution is 7.99. The molecule has 3 nitrogen and oxygen atoms in total. The van der Waals surface area contributed by atoms with Crippen LogP contribution in [0.3, 0.4) is 0 Å². The Balaban J connectivity index is 1.71. The zero-order valence-electron chi connectivity index (χ0n) is 17.7. The van der Waals surface area contributed by atoms with Gasteiger partial charge in [-0.2, -0.15) is 0 Å². The molecule has 1 heterocycles. The van der Waals surface area contributed by atoms with Crippen molar-refractivity contribution >= 4 is 17.7 Å². The first-order chi connectivity index (χ1) is 14.0. The predicted octanol–water partition coefficient (Wildman–Crippen LogP) is 5.32. The van der Waals surface area contributed by atoms with E-state index in [4.69, 9.17) is 0 Å². The second kappa shape index (κ2) is 10.3. The molecule has 2 aromatic carbocycles. The molecule has 5 heteroatoms. The summed E-state index contributed by atoms with van der Waals surface area (Å²) in [5.74, 6) is 0.833. The Bertz CT molecular complexity index is 824. The van der Waals surface area contributed by atoms with E-state index in [2.05, 4.69) is 43.9 Å². The summed E-state index contributed by atoms with van der Waals surface area (Å²) in [6, 6.07) is 13.1. The summed E-state index contributed by atoms with van der Waals surface area (Å²) in [6.45, 7) is 9.30. The Labute approximate surface area is 178 Å². The molecule has 1 atom stereocenters. The maximum Gasteiger partial charge on any atom is 0.237 e. The van der Waals surface area contributed by atoms with Gasteiger partial charge in [-0.25, -0.2) is 4.39 Å². The van der Waals surface area contributed by atoms with E-state index in [9.17, 15) is 9.18 Å². The fraction of sp³-hybridized carbons (Fsp3) is 0.458. The lowest BCUT2D eigenvalue weighted by molar-refractivity contribution is -0.132. The van der Waals surface area contributed by atoms with Gasteiger partial charge >= 0.3 is 0 Å². The summed E-state index contributed by atoms with van der Waals surface area (Å²) < 4.78 is 13.3. The second-order valence-corrected chi connectivity index (χ2v) is 9.04. The smallest absolute Gasteiger partial charge is 0.237 e. The van der Waals surface area contributed by atoms with Gasteiger partial charge in [-0.05, 0) is 55.6 Å². The van der Waals surface area contributed by atoms with Crippen molar-refractivity contribution in [1.29, 1.82) is 0 Å². The van der Waals surface area contributed by atoms with Crippen LogP contribution in [0.4, 0.5) is 4.39 Å². The van der Waals surface area contributed by atoms with Gasteiger partial charge in [-0.1, -0.05) is 49.2 Å². The van der Waals surface area contributed by atoms with Gasteiger partial charge in [-0.15, -0.1) is 11.8 Å². The van der Waals surface area contributed by atoms with Crippen LogP contribution in [0.5, 0.6) is 0 Å². The van der Waals surface area contributed by atoms with Crippen molar-refractivity contribution in [2.24, 2.45) is 0 Å². The molecule has 1 aliphatic heterocycles. The number of halogens is 1. The highest BCUT2D eigenvalue weighted by Gasteiger charge is 2.31. The van der Waals surface area contributed by atoms with Crippen LogP contribution < -0.4 is 0 Å². The van der Waals surface area contributed by atoms with E-state index < -0.39 is 0 Å². The maximum atomic E-state index is 13.3. The maximum absolute atomic E-state index is 13.3. The van der Waals surface area contributed by atoms with Crippen molar-refractivity contribution in [2.45, 2.75) is 45.5 Å². The molecule has 0 bridgehead atoms. The molecule has 0 saturated carbocycles. The van der Waals surface area contributed by atoms with Gasteiger partial charge in [0.15, 0.2) is 0 Å². The minimum atomic E-state index is -0.242. The third-order valence-corrected chi connectivity index (χ3v) is 6.71. The van der Waals surface area contributed by atoms with Crippen LogP contribution in [-0.4, -0.2) is 41.1 Å². The molecule has 2 aromatic rings. The standard InChI is InChI=1S/C24H31FN2OS/c1-4-5-12-26(16-21-15-18(2)6-7-19(21)3)17-23(28)27-13-14-29-24(27)20-8-10-22(25)11-9-20/h6-11,15,24H,4-5,12-14,16-17H2,1-3H3/t24-/m1/s1. The van der Waals surface area contributed by atoms with Crippen LogP contribution in [-0.2, 0) is 11.3 Å². The zero-order valence-corrected chi connectivity index (χ0v) is 18.5. The number of amides is 1. The van der Waals surface area contributed by atoms with Crippen molar-refractivity contribution in [3.05, 3.63) is 70.5 Å². The second-order valence-electron chi connectivity index (χ2n) is 7.86. The van der Waals surface area contributed by atoms with Crippen molar-refractivity contribution in [3.8, 4) is 0 Å². The van der Waals surface area contributed by atoms with E-state index in [-0.39, 0.29) is 17.1 Å². The molecule has 3 rings (SSSR count). The van der Waals surface area contributed by atoms with E-state index in [0.717, 1.165) is 43.8 Å². The topological polar surface area (TPSA) is 23.6 Å². The monoisotopic (exact) mass is 414 g/mol. The minimum absolute atomic E-state index is 0.0168. The highest BCUT2D eigenvalue weighted by atomic mass is 32.2. The van der Waals surface area contributed by atoms with Gasteiger partial charge in [0, 0.05) is 18.8 Å². The third-order valence-electron chi connectivity index (χ3n) is 5.45. The van der Waals surface area contributed by atoms with E-state index in [1.807, 2.05) is 4.90 Å². The molecule has 0 N–H and O–H groups in total. The van der Waals surface area contributed by atoms with Gasteiger partial charge in [0.2, 0.25) is 5.91 Å². The van der Waals surface area contributed by atoms with Gasteiger partial charge in [0.25, 0.3) is 0 Å². The molecule has 0 unspecified atom stereocenters. The Morgan fingerprint density at radius 2 is 1.97 bits per heavy atom. The van der Waals surface area contributed by atoms with E-state index in [1.54, 1.807) is 23.9 Å². The summed E-state index contributed by atoms with van der Waals surface area (Å²) in [5.41, 5.74) is 4.81. The molecule has 29 heavy (non-hydrogen) atoms.